The van der Waals surface area contributed by atoms with Crippen LogP contribution in [0, 0.1) is 17.0 Å². The van der Waals surface area contributed by atoms with E-state index in [0.717, 1.165) is 6.07 Å². The second-order valence-electron chi connectivity index (χ2n) is 4.84. The van der Waals surface area contributed by atoms with Crippen LogP contribution in [0.4, 0.5) is 8.78 Å². The van der Waals surface area contributed by atoms with Crippen LogP contribution >= 0.6 is 0 Å². The molecular weight excluding hydrogens is 212 g/mol. The normalized spacial score (nSPS) is 11.3. The number of carbonyl (C=O) groups is 1. The molecule has 0 atom stereocenters. The minimum absolute atomic E-state index is 0.0978. The van der Waals surface area contributed by atoms with E-state index in [1.165, 1.54) is 12.1 Å². The van der Waals surface area contributed by atoms with Gasteiger partial charge in [0, 0.05) is 6.54 Å². The highest BCUT2D eigenvalue weighted by molar-refractivity contribution is 5.94. The highest BCUT2D eigenvalue weighted by atomic mass is 19.2. The van der Waals surface area contributed by atoms with Gasteiger partial charge in [0.2, 0.25) is 0 Å². The fraction of sp³-hybridized carbons (Fsp3) is 0.417. The van der Waals surface area contributed by atoms with Crippen molar-refractivity contribution < 1.29 is 13.6 Å². The van der Waals surface area contributed by atoms with Crippen molar-refractivity contribution in [3.63, 3.8) is 0 Å². The molecule has 1 rings (SSSR count). The Morgan fingerprint density at radius 1 is 1.31 bits per heavy atom. The van der Waals surface area contributed by atoms with E-state index in [4.69, 9.17) is 0 Å². The first-order chi connectivity index (χ1) is 7.31. The zero-order valence-electron chi connectivity index (χ0n) is 9.60. The highest BCUT2D eigenvalue weighted by Gasteiger charge is 2.17. The summed E-state index contributed by atoms with van der Waals surface area (Å²) < 4.78 is 26.1. The van der Waals surface area contributed by atoms with Crippen molar-refractivity contribution in [2.45, 2.75) is 20.8 Å². The predicted molar refractivity (Wildman–Crippen MR) is 58.1 cm³/mol. The van der Waals surface area contributed by atoms with Gasteiger partial charge >= 0.3 is 0 Å². The number of hydrogen-bond acceptors (Lipinski definition) is 1. The zero-order chi connectivity index (χ0) is 12.3. The van der Waals surface area contributed by atoms with Crippen molar-refractivity contribution in [1.29, 1.82) is 0 Å². The van der Waals surface area contributed by atoms with Crippen LogP contribution in [-0.4, -0.2) is 12.5 Å². The molecule has 4 heteroatoms. The summed E-state index contributed by atoms with van der Waals surface area (Å²) in [6, 6.07) is 3.55. The number of halogens is 2. The molecule has 0 radical (unpaired) electrons. The molecule has 2 nitrogen and oxygen atoms in total. The third-order valence-corrected chi connectivity index (χ3v) is 1.98. The highest BCUT2D eigenvalue weighted by Crippen LogP contribution is 2.13. The molecule has 0 bridgehead atoms. The fourth-order valence-corrected chi connectivity index (χ4v) is 1.12. The molecular formula is C12H15F2NO. The van der Waals surface area contributed by atoms with Gasteiger partial charge in [-0.05, 0) is 17.5 Å². The molecule has 0 aliphatic heterocycles. The molecule has 0 saturated carbocycles. The van der Waals surface area contributed by atoms with Crippen LogP contribution < -0.4 is 5.32 Å². The molecule has 0 aliphatic carbocycles. The Labute approximate surface area is 93.7 Å². The Morgan fingerprint density at radius 3 is 2.50 bits per heavy atom. The summed E-state index contributed by atoms with van der Waals surface area (Å²) in [6.07, 6.45) is 0. The summed E-state index contributed by atoms with van der Waals surface area (Å²) in [5.74, 6) is -2.70. The molecule has 88 valence electrons. The molecule has 1 amide bonds. The maximum absolute atomic E-state index is 13.2. The van der Waals surface area contributed by atoms with Gasteiger partial charge in [0.05, 0.1) is 5.56 Å². The molecule has 0 aliphatic rings. The first-order valence-corrected chi connectivity index (χ1v) is 5.03. The van der Waals surface area contributed by atoms with Gasteiger partial charge in [-0.1, -0.05) is 26.8 Å². The van der Waals surface area contributed by atoms with Gasteiger partial charge in [-0.3, -0.25) is 4.79 Å². The summed E-state index contributed by atoms with van der Waals surface area (Å²) in [6.45, 7) is 6.22. The van der Waals surface area contributed by atoms with E-state index in [1.54, 1.807) is 0 Å². The first-order valence-electron chi connectivity index (χ1n) is 5.03. The van der Waals surface area contributed by atoms with Crippen molar-refractivity contribution >= 4 is 5.91 Å². The molecule has 0 aromatic heterocycles. The monoisotopic (exact) mass is 227 g/mol. The van der Waals surface area contributed by atoms with Gasteiger partial charge in [-0.25, -0.2) is 8.78 Å². The quantitative estimate of drug-likeness (QED) is 0.827. The number of amides is 1. The van der Waals surface area contributed by atoms with Crippen LogP contribution in [0.25, 0.3) is 0 Å². The van der Waals surface area contributed by atoms with Crippen LogP contribution in [0.2, 0.25) is 0 Å². The summed E-state index contributed by atoms with van der Waals surface area (Å²) in [5.41, 5.74) is -0.358. The topological polar surface area (TPSA) is 29.1 Å². The smallest absolute Gasteiger partial charge is 0.254 e. The van der Waals surface area contributed by atoms with Crippen LogP contribution in [0.3, 0.4) is 0 Å². The minimum atomic E-state index is -1.10. The van der Waals surface area contributed by atoms with E-state index < -0.39 is 17.5 Å². The lowest BCUT2D eigenvalue weighted by Crippen LogP contribution is -2.32. The maximum atomic E-state index is 13.2. The average molecular weight is 227 g/mol. The number of carbonyl (C=O) groups excluding carboxylic acids is 1. The lowest BCUT2D eigenvalue weighted by atomic mass is 9.97. The molecule has 0 spiro atoms. The van der Waals surface area contributed by atoms with Crippen molar-refractivity contribution in [2.24, 2.45) is 5.41 Å². The van der Waals surface area contributed by atoms with Crippen LogP contribution in [0.1, 0.15) is 31.1 Å². The summed E-state index contributed by atoms with van der Waals surface area (Å²) >= 11 is 0. The van der Waals surface area contributed by atoms with Gasteiger partial charge in [0.25, 0.3) is 5.91 Å². The van der Waals surface area contributed by atoms with Crippen molar-refractivity contribution in [1.82, 2.24) is 5.32 Å². The summed E-state index contributed by atoms with van der Waals surface area (Å²) in [4.78, 5) is 11.5. The Hall–Kier alpha value is -1.45. The van der Waals surface area contributed by atoms with E-state index in [9.17, 15) is 13.6 Å². The van der Waals surface area contributed by atoms with Gasteiger partial charge in [0.15, 0.2) is 11.6 Å². The predicted octanol–water partition coefficient (Wildman–Crippen LogP) is 2.74. The second kappa shape index (κ2) is 4.60. The van der Waals surface area contributed by atoms with E-state index in [0.29, 0.717) is 6.54 Å². The van der Waals surface area contributed by atoms with Gasteiger partial charge in [-0.15, -0.1) is 0 Å². The summed E-state index contributed by atoms with van der Waals surface area (Å²) in [7, 11) is 0. The Morgan fingerprint density at radius 2 is 1.94 bits per heavy atom. The molecule has 0 unspecified atom stereocenters. The molecule has 1 aromatic carbocycles. The first kappa shape index (κ1) is 12.6. The maximum Gasteiger partial charge on any atom is 0.254 e. The summed E-state index contributed by atoms with van der Waals surface area (Å²) in [5, 5.41) is 2.56. The third-order valence-electron chi connectivity index (χ3n) is 1.98. The van der Waals surface area contributed by atoms with Gasteiger partial charge in [-0.2, -0.15) is 0 Å². The SMILES string of the molecule is CC(C)(C)CNC(=O)c1cccc(F)c1F. The van der Waals surface area contributed by atoms with E-state index in [1.807, 2.05) is 20.8 Å². The van der Waals surface area contributed by atoms with E-state index in [-0.39, 0.29) is 11.0 Å². The second-order valence-corrected chi connectivity index (χ2v) is 4.84. The Kier molecular flexibility index (Phi) is 3.62. The molecule has 16 heavy (non-hydrogen) atoms. The lowest BCUT2D eigenvalue weighted by Gasteiger charge is -2.18. The average Bonchev–Trinajstić information content (AvgIpc) is 2.17. The number of nitrogens with one attached hydrogen (secondary N) is 1. The Bertz CT molecular complexity index is 396. The van der Waals surface area contributed by atoms with E-state index >= 15 is 0 Å². The van der Waals surface area contributed by atoms with Gasteiger partial charge in [0.1, 0.15) is 0 Å². The standard InChI is InChI=1S/C12H15F2NO/c1-12(2,3)7-15-11(16)8-5-4-6-9(13)10(8)14/h4-6H,7H2,1-3H3,(H,15,16). The lowest BCUT2D eigenvalue weighted by molar-refractivity contribution is 0.0934. The van der Waals surface area contributed by atoms with Crippen molar-refractivity contribution in [2.75, 3.05) is 6.54 Å². The van der Waals surface area contributed by atoms with Gasteiger partial charge < -0.3 is 5.32 Å². The number of hydrogen-bond donors (Lipinski definition) is 1. The fourth-order valence-electron chi connectivity index (χ4n) is 1.12. The molecule has 1 aromatic rings. The number of benzene rings is 1. The number of rotatable bonds is 2. The molecule has 1 N–H and O–H groups in total. The van der Waals surface area contributed by atoms with Crippen LogP contribution in [0.5, 0.6) is 0 Å². The van der Waals surface area contributed by atoms with Crippen LogP contribution in [0.15, 0.2) is 18.2 Å². The molecule has 0 heterocycles. The molecule has 0 fully saturated rings. The van der Waals surface area contributed by atoms with Crippen molar-refractivity contribution in [3.8, 4) is 0 Å². The van der Waals surface area contributed by atoms with E-state index in [2.05, 4.69) is 5.32 Å². The minimum Gasteiger partial charge on any atom is -0.351 e. The zero-order valence-corrected chi connectivity index (χ0v) is 9.60. The largest absolute Gasteiger partial charge is 0.351 e. The van der Waals surface area contributed by atoms with Crippen LogP contribution in [-0.2, 0) is 0 Å². The Balaban J connectivity index is 2.78. The molecule has 0 saturated heterocycles. The third kappa shape index (κ3) is 3.29. The van der Waals surface area contributed by atoms with Crippen molar-refractivity contribution in [3.05, 3.63) is 35.4 Å².